The van der Waals surface area contributed by atoms with Crippen molar-refractivity contribution in [1.29, 1.82) is 0 Å². The van der Waals surface area contributed by atoms with Crippen LogP contribution in [0.25, 0.3) is 0 Å². The van der Waals surface area contributed by atoms with Crippen LogP contribution >= 0.6 is 0 Å². The lowest BCUT2D eigenvalue weighted by atomic mass is 10.1. The largest absolute Gasteiger partial charge is 0.480 e. The summed E-state index contributed by atoms with van der Waals surface area (Å²) in [5.74, 6) is -1.37. The summed E-state index contributed by atoms with van der Waals surface area (Å²) in [4.78, 5) is 40.2. The number of aliphatic carboxylic acids is 1. The lowest BCUT2D eigenvalue weighted by Gasteiger charge is -2.27. The lowest BCUT2D eigenvalue weighted by Crippen LogP contribution is -2.49. The minimum absolute atomic E-state index is 0.177. The predicted molar refractivity (Wildman–Crippen MR) is 76.6 cm³/mol. The van der Waals surface area contributed by atoms with Crippen molar-refractivity contribution in [2.45, 2.75) is 25.8 Å². The zero-order chi connectivity index (χ0) is 16.1. The fraction of sp³-hybridized carbons (Fsp3) is 0.429. The second-order valence-electron chi connectivity index (χ2n) is 4.84. The average molecular weight is 307 g/mol. The molecule has 2 N–H and O–H groups in total. The standard InChI is InChI=1S/C14H17N3O5/c1-2-4-9(14(20)21)16-11(18)7-17-12(19)8-22-10-5-3-6-15-13(10)17/h3,5-6,9H,2,4,7-8H2,1H3,(H,16,18)(H,20,21). The van der Waals surface area contributed by atoms with Crippen LogP contribution in [0, 0.1) is 0 Å². The van der Waals surface area contributed by atoms with Gasteiger partial charge in [0.25, 0.3) is 5.91 Å². The summed E-state index contributed by atoms with van der Waals surface area (Å²) < 4.78 is 5.23. The average Bonchev–Trinajstić information content (AvgIpc) is 2.49. The second kappa shape index (κ2) is 6.88. The van der Waals surface area contributed by atoms with Gasteiger partial charge in [-0.25, -0.2) is 9.78 Å². The van der Waals surface area contributed by atoms with Gasteiger partial charge in [-0.1, -0.05) is 13.3 Å². The van der Waals surface area contributed by atoms with Gasteiger partial charge in [0.2, 0.25) is 5.91 Å². The highest BCUT2D eigenvalue weighted by molar-refractivity contribution is 6.01. The predicted octanol–water partition coefficient (Wildman–Crippen LogP) is 0.176. The molecule has 8 heteroatoms. The molecule has 1 aromatic heterocycles. The number of fused-ring (bicyclic) bond motifs is 1. The van der Waals surface area contributed by atoms with Crippen LogP contribution in [0.15, 0.2) is 18.3 Å². The number of nitrogens with one attached hydrogen (secondary N) is 1. The van der Waals surface area contributed by atoms with E-state index in [4.69, 9.17) is 9.84 Å². The Bertz CT molecular complexity index is 590. The van der Waals surface area contributed by atoms with Crippen molar-refractivity contribution in [3.63, 3.8) is 0 Å². The van der Waals surface area contributed by atoms with Gasteiger partial charge in [0.05, 0.1) is 0 Å². The van der Waals surface area contributed by atoms with Gasteiger partial charge in [0.15, 0.2) is 18.2 Å². The Kier molecular flexibility index (Phi) is 4.92. The summed E-state index contributed by atoms with van der Waals surface area (Å²) in [5.41, 5.74) is 0. The molecule has 2 rings (SSSR count). The maximum Gasteiger partial charge on any atom is 0.326 e. The molecule has 8 nitrogen and oxygen atoms in total. The fourth-order valence-electron chi connectivity index (χ4n) is 2.13. The summed E-state index contributed by atoms with van der Waals surface area (Å²) in [5, 5.41) is 11.5. The summed E-state index contributed by atoms with van der Waals surface area (Å²) in [6.07, 6.45) is 2.44. The Hall–Kier alpha value is -2.64. The summed E-state index contributed by atoms with van der Waals surface area (Å²) in [6.45, 7) is 1.36. The van der Waals surface area contributed by atoms with E-state index >= 15 is 0 Å². The van der Waals surface area contributed by atoms with E-state index in [-0.39, 0.29) is 19.0 Å². The first-order valence-electron chi connectivity index (χ1n) is 6.93. The Labute approximate surface area is 127 Å². The number of ether oxygens (including phenoxy) is 1. The van der Waals surface area contributed by atoms with Crippen molar-refractivity contribution < 1.29 is 24.2 Å². The molecule has 1 aliphatic rings. The molecular formula is C14H17N3O5. The molecule has 2 heterocycles. The minimum Gasteiger partial charge on any atom is -0.480 e. The molecule has 1 aliphatic heterocycles. The van der Waals surface area contributed by atoms with E-state index in [0.29, 0.717) is 18.6 Å². The molecule has 2 amide bonds. The number of hydrogen-bond acceptors (Lipinski definition) is 5. The van der Waals surface area contributed by atoms with E-state index in [9.17, 15) is 14.4 Å². The van der Waals surface area contributed by atoms with Gasteiger partial charge in [0, 0.05) is 6.20 Å². The van der Waals surface area contributed by atoms with Crippen molar-refractivity contribution in [3.05, 3.63) is 18.3 Å². The first kappa shape index (κ1) is 15.7. The highest BCUT2D eigenvalue weighted by Crippen LogP contribution is 2.28. The first-order valence-corrected chi connectivity index (χ1v) is 6.93. The molecule has 0 saturated carbocycles. The van der Waals surface area contributed by atoms with Crippen LogP contribution in [0.4, 0.5) is 5.82 Å². The smallest absolute Gasteiger partial charge is 0.326 e. The molecule has 22 heavy (non-hydrogen) atoms. The molecular weight excluding hydrogens is 290 g/mol. The van der Waals surface area contributed by atoms with E-state index in [1.807, 2.05) is 6.92 Å². The molecule has 118 valence electrons. The van der Waals surface area contributed by atoms with Crippen LogP contribution in [0.3, 0.4) is 0 Å². The zero-order valence-corrected chi connectivity index (χ0v) is 12.1. The minimum atomic E-state index is -1.10. The zero-order valence-electron chi connectivity index (χ0n) is 12.1. The van der Waals surface area contributed by atoms with Gasteiger partial charge in [-0.3, -0.25) is 14.5 Å². The molecule has 0 aliphatic carbocycles. The van der Waals surface area contributed by atoms with Gasteiger partial charge in [0.1, 0.15) is 12.6 Å². The number of aromatic nitrogens is 1. The molecule has 0 spiro atoms. The van der Waals surface area contributed by atoms with Gasteiger partial charge < -0.3 is 15.2 Å². The third-order valence-electron chi connectivity index (χ3n) is 3.17. The quantitative estimate of drug-likeness (QED) is 0.776. The summed E-state index contributed by atoms with van der Waals surface area (Å²) in [7, 11) is 0. The Morgan fingerprint density at radius 3 is 3.00 bits per heavy atom. The van der Waals surface area contributed by atoms with E-state index in [2.05, 4.69) is 10.3 Å². The van der Waals surface area contributed by atoms with Crippen LogP contribution < -0.4 is 15.0 Å². The topological polar surface area (TPSA) is 109 Å². The normalized spacial score (nSPS) is 14.8. The first-order chi connectivity index (χ1) is 10.5. The van der Waals surface area contributed by atoms with E-state index < -0.39 is 23.8 Å². The van der Waals surface area contributed by atoms with Gasteiger partial charge in [-0.05, 0) is 18.6 Å². The molecule has 1 unspecified atom stereocenters. The summed E-state index contributed by atoms with van der Waals surface area (Å²) in [6, 6.07) is 2.35. The third kappa shape index (κ3) is 3.51. The van der Waals surface area contributed by atoms with Crippen LogP contribution in [-0.4, -0.2) is 47.1 Å². The molecule has 0 saturated heterocycles. The van der Waals surface area contributed by atoms with Crippen molar-refractivity contribution >= 4 is 23.6 Å². The van der Waals surface area contributed by atoms with Crippen LogP contribution in [0.1, 0.15) is 19.8 Å². The van der Waals surface area contributed by atoms with Crippen LogP contribution in [0.5, 0.6) is 5.75 Å². The van der Waals surface area contributed by atoms with Crippen molar-refractivity contribution in [1.82, 2.24) is 10.3 Å². The van der Waals surface area contributed by atoms with E-state index in [0.717, 1.165) is 0 Å². The Morgan fingerprint density at radius 2 is 2.32 bits per heavy atom. The Balaban J connectivity index is 2.08. The number of carbonyl (C=O) groups excluding carboxylic acids is 2. The van der Waals surface area contributed by atoms with Crippen molar-refractivity contribution in [2.24, 2.45) is 0 Å². The second-order valence-corrected chi connectivity index (χ2v) is 4.84. The Morgan fingerprint density at radius 1 is 1.55 bits per heavy atom. The lowest BCUT2D eigenvalue weighted by molar-refractivity contribution is -0.141. The van der Waals surface area contributed by atoms with Crippen LogP contribution in [-0.2, 0) is 14.4 Å². The fourth-order valence-corrected chi connectivity index (χ4v) is 2.13. The molecule has 0 radical (unpaired) electrons. The number of amides is 2. The highest BCUT2D eigenvalue weighted by Gasteiger charge is 2.29. The number of hydrogen-bond donors (Lipinski definition) is 2. The number of carbonyl (C=O) groups is 3. The maximum atomic E-state index is 12.0. The van der Waals surface area contributed by atoms with Gasteiger partial charge in [-0.2, -0.15) is 0 Å². The number of carboxylic acid groups (broad SMARTS) is 1. The molecule has 1 atom stereocenters. The molecule has 0 aromatic carbocycles. The molecule has 0 fully saturated rings. The SMILES string of the molecule is CCCC(NC(=O)CN1C(=O)COc2cccnc21)C(=O)O. The highest BCUT2D eigenvalue weighted by atomic mass is 16.5. The van der Waals surface area contributed by atoms with E-state index in [1.165, 1.54) is 11.1 Å². The molecule has 0 bridgehead atoms. The number of nitrogens with zero attached hydrogens (tertiary/aromatic N) is 2. The number of anilines is 1. The number of rotatable bonds is 6. The van der Waals surface area contributed by atoms with Crippen LogP contribution in [0.2, 0.25) is 0 Å². The van der Waals surface area contributed by atoms with Gasteiger partial charge in [-0.15, -0.1) is 0 Å². The molecule has 1 aromatic rings. The number of carboxylic acids is 1. The van der Waals surface area contributed by atoms with E-state index in [1.54, 1.807) is 12.1 Å². The van der Waals surface area contributed by atoms with Gasteiger partial charge >= 0.3 is 5.97 Å². The monoisotopic (exact) mass is 307 g/mol. The summed E-state index contributed by atoms with van der Waals surface area (Å²) >= 11 is 0. The number of pyridine rings is 1. The maximum absolute atomic E-state index is 12.0. The third-order valence-corrected chi connectivity index (χ3v) is 3.17. The van der Waals surface area contributed by atoms with Crippen molar-refractivity contribution in [2.75, 3.05) is 18.1 Å². The van der Waals surface area contributed by atoms with Crippen molar-refractivity contribution in [3.8, 4) is 5.75 Å².